The molecule has 0 radical (unpaired) electrons. The summed E-state index contributed by atoms with van der Waals surface area (Å²) in [5.74, 6) is 0.680. The molecular formula is C14H24N2O. The van der Waals surface area contributed by atoms with E-state index in [1.807, 2.05) is 0 Å². The van der Waals surface area contributed by atoms with Gasteiger partial charge < -0.3 is 5.32 Å². The van der Waals surface area contributed by atoms with Gasteiger partial charge in [-0.2, -0.15) is 0 Å². The molecule has 3 nitrogen and oxygen atoms in total. The van der Waals surface area contributed by atoms with E-state index in [1.54, 1.807) is 0 Å². The SMILES string of the molecule is O=C(NC1CCN(C2CCCCC2)C1)C1CC1. The van der Waals surface area contributed by atoms with Gasteiger partial charge in [0.15, 0.2) is 0 Å². The molecule has 3 heteroatoms. The van der Waals surface area contributed by atoms with Crippen molar-refractivity contribution < 1.29 is 4.79 Å². The van der Waals surface area contributed by atoms with Crippen LogP contribution in [0.5, 0.6) is 0 Å². The van der Waals surface area contributed by atoms with E-state index < -0.39 is 0 Å². The number of hydrogen-bond acceptors (Lipinski definition) is 2. The number of likely N-dealkylation sites (tertiary alicyclic amines) is 1. The maximum atomic E-state index is 11.7. The Hall–Kier alpha value is -0.570. The third-order valence-corrected chi connectivity index (χ3v) is 4.61. The van der Waals surface area contributed by atoms with Crippen LogP contribution in [0, 0.1) is 5.92 Å². The molecule has 0 aromatic carbocycles. The molecule has 0 spiro atoms. The highest BCUT2D eigenvalue weighted by Gasteiger charge is 2.34. The summed E-state index contributed by atoms with van der Waals surface area (Å²) in [5.41, 5.74) is 0. The van der Waals surface area contributed by atoms with E-state index in [-0.39, 0.29) is 0 Å². The van der Waals surface area contributed by atoms with Gasteiger partial charge in [0.25, 0.3) is 0 Å². The molecule has 1 unspecified atom stereocenters. The highest BCUT2D eigenvalue weighted by molar-refractivity contribution is 5.81. The minimum Gasteiger partial charge on any atom is -0.352 e. The molecule has 3 rings (SSSR count). The lowest BCUT2D eigenvalue weighted by Crippen LogP contribution is -2.41. The van der Waals surface area contributed by atoms with Crippen molar-refractivity contribution in [1.82, 2.24) is 10.2 Å². The average Bonchev–Trinajstić information content (AvgIpc) is 3.12. The van der Waals surface area contributed by atoms with Crippen molar-refractivity contribution >= 4 is 5.91 Å². The molecule has 0 bridgehead atoms. The predicted molar refractivity (Wildman–Crippen MR) is 67.7 cm³/mol. The van der Waals surface area contributed by atoms with E-state index in [1.165, 1.54) is 38.6 Å². The van der Waals surface area contributed by atoms with E-state index >= 15 is 0 Å². The molecule has 0 aromatic heterocycles. The van der Waals surface area contributed by atoms with Crippen LogP contribution < -0.4 is 5.32 Å². The van der Waals surface area contributed by atoms with Crippen LogP contribution in [0.1, 0.15) is 51.4 Å². The lowest BCUT2D eigenvalue weighted by Gasteiger charge is -2.31. The smallest absolute Gasteiger partial charge is 0.223 e. The Balaban J connectivity index is 1.45. The Morgan fingerprint density at radius 2 is 1.76 bits per heavy atom. The number of carbonyl (C=O) groups excluding carboxylic acids is 1. The summed E-state index contributed by atoms with van der Waals surface area (Å²) in [6.45, 7) is 2.30. The Morgan fingerprint density at radius 3 is 2.47 bits per heavy atom. The summed E-state index contributed by atoms with van der Waals surface area (Å²) in [5, 5.41) is 3.23. The molecule has 1 aliphatic heterocycles. The third-order valence-electron chi connectivity index (χ3n) is 4.61. The first-order chi connectivity index (χ1) is 8.33. The molecule has 1 heterocycles. The lowest BCUT2D eigenvalue weighted by atomic mass is 9.94. The molecule has 17 heavy (non-hydrogen) atoms. The molecule has 1 atom stereocenters. The first-order valence-corrected chi connectivity index (χ1v) is 7.37. The van der Waals surface area contributed by atoms with Crippen LogP contribution in [0.15, 0.2) is 0 Å². The number of nitrogens with one attached hydrogen (secondary N) is 1. The number of nitrogens with zero attached hydrogens (tertiary/aromatic N) is 1. The summed E-state index contributed by atoms with van der Waals surface area (Å²) in [6.07, 6.45) is 10.4. The van der Waals surface area contributed by atoms with Crippen molar-refractivity contribution in [2.75, 3.05) is 13.1 Å². The second kappa shape index (κ2) is 4.97. The van der Waals surface area contributed by atoms with Crippen molar-refractivity contribution in [3.8, 4) is 0 Å². The number of rotatable bonds is 3. The quantitative estimate of drug-likeness (QED) is 0.812. The average molecular weight is 236 g/mol. The molecule has 0 aromatic rings. The Kier molecular flexibility index (Phi) is 3.37. The number of amides is 1. The van der Waals surface area contributed by atoms with Gasteiger partial charge in [0.05, 0.1) is 0 Å². The third kappa shape index (κ3) is 2.82. The zero-order valence-corrected chi connectivity index (χ0v) is 10.7. The van der Waals surface area contributed by atoms with Crippen LogP contribution in [-0.2, 0) is 4.79 Å². The van der Waals surface area contributed by atoms with Crippen LogP contribution in [0.3, 0.4) is 0 Å². The van der Waals surface area contributed by atoms with Crippen LogP contribution in [-0.4, -0.2) is 36.0 Å². The Bertz CT molecular complexity index is 282. The van der Waals surface area contributed by atoms with Crippen molar-refractivity contribution in [3.05, 3.63) is 0 Å². The van der Waals surface area contributed by atoms with E-state index in [2.05, 4.69) is 10.2 Å². The van der Waals surface area contributed by atoms with Crippen LogP contribution in [0.4, 0.5) is 0 Å². The van der Waals surface area contributed by atoms with E-state index in [0.717, 1.165) is 31.8 Å². The zero-order chi connectivity index (χ0) is 11.7. The van der Waals surface area contributed by atoms with Crippen molar-refractivity contribution in [2.24, 2.45) is 5.92 Å². The predicted octanol–water partition coefficient (Wildman–Crippen LogP) is 1.92. The van der Waals surface area contributed by atoms with Gasteiger partial charge in [-0.3, -0.25) is 9.69 Å². The Labute approximate surface area is 104 Å². The number of hydrogen-bond donors (Lipinski definition) is 1. The van der Waals surface area contributed by atoms with Gasteiger partial charge in [-0.1, -0.05) is 19.3 Å². The fourth-order valence-electron chi connectivity index (χ4n) is 3.35. The molecule has 1 N–H and O–H groups in total. The van der Waals surface area contributed by atoms with Crippen LogP contribution >= 0.6 is 0 Å². The molecule has 3 fully saturated rings. The maximum Gasteiger partial charge on any atom is 0.223 e. The molecule has 96 valence electrons. The van der Waals surface area contributed by atoms with Gasteiger partial charge in [-0.15, -0.1) is 0 Å². The highest BCUT2D eigenvalue weighted by Crippen LogP contribution is 2.30. The summed E-state index contributed by atoms with van der Waals surface area (Å²) >= 11 is 0. The van der Waals surface area contributed by atoms with E-state index in [9.17, 15) is 4.79 Å². The summed E-state index contributed by atoms with van der Waals surface area (Å²) in [4.78, 5) is 14.3. The molecule has 3 aliphatic rings. The van der Waals surface area contributed by atoms with Gasteiger partial charge in [0.1, 0.15) is 0 Å². The Morgan fingerprint density at radius 1 is 1.00 bits per heavy atom. The largest absolute Gasteiger partial charge is 0.352 e. The van der Waals surface area contributed by atoms with Crippen molar-refractivity contribution in [1.29, 1.82) is 0 Å². The highest BCUT2D eigenvalue weighted by atomic mass is 16.2. The normalized spacial score (nSPS) is 31.6. The minimum absolute atomic E-state index is 0.320. The fourth-order valence-corrected chi connectivity index (χ4v) is 3.35. The molecule has 2 aliphatic carbocycles. The molecule has 1 amide bonds. The van der Waals surface area contributed by atoms with Crippen molar-refractivity contribution in [2.45, 2.75) is 63.5 Å². The standard InChI is InChI=1S/C14H24N2O/c17-14(11-6-7-11)15-12-8-9-16(10-12)13-4-2-1-3-5-13/h11-13H,1-10H2,(H,15,17). The second-order valence-corrected chi connectivity index (χ2v) is 6.06. The summed E-state index contributed by atoms with van der Waals surface area (Å²) in [6, 6.07) is 1.25. The first-order valence-electron chi connectivity index (χ1n) is 7.37. The van der Waals surface area contributed by atoms with Crippen molar-refractivity contribution in [3.63, 3.8) is 0 Å². The lowest BCUT2D eigenvalue weighted by molar-refractivity contribution is -0.122. The monoisotopic (exact) mass is 236 g/mol. The molecular weight excluding hydrogens is 212 g/mol. The van der Waals surface area contributed by atoms with E-state index in [4.69, 9.17) is 0 Å². The number of carbonyl (C=O) groups is 1. The second-order valence-electron chi connectivity index (χ2n) is 6.06. The van der Waals surface area contributed by atoms with Crippen LogP contribution in [0.25, 0.3) is 0 Å². The van der Waals surface area contributed by atoms with Gasteiger partial charge in [-0.05, 0) is 32.1 Å². The van der Waals surface area contributed by atoms with Gasteiger partial charge in [0.2, 0.25) is 5.91 Å². The summed E-state index contributed by atoms with van der Waals surface area (Å²) < 4.78 is 0. The maximum absolute atomic E-state index is 11.7. The summed E-state index contributed by atoms with van der Waals surface area (Å²) in [7, 11) is 0. The van der Waals surface area contributed by atoms with Gasteiger partial charge in [0, 0.05) is 31.1 Å². The van der Waals surface area contributed by atoms with E-state index in [0.29, 0.717) is 17.9 Å². The van der Waals surface area contributed by atoms with Gasteiger partial charge >= 0.3 is 0 Å². The first kappa shape index (κ1) is 11.5. The zero-order valence-electron chi connectivity index (χ0n) is 10.7. The van der Waals surface area contributed by atoms with Crippen LogP contribution in [0.2, 0.25) is 0 Å². The minimum atomic E-state index is 0.320. The topological polar surface area (TPSA) is 32.3 Å². The fraction of sp³-hybridized carbons (Fsp3) is 0.929. The molecule has 1 saturated heterocycles. The van der Waals surface area contributed by atoms with Gasteiger partial charge in [-0.25, -0.2) is 0 Å². The molecule has 2 saturated carbocycles.